The van der Waals surface area contributed by atoms with E-state index in [0.717, 1.165) is 57.0 Å². The number of fused-ring (bicyclic) bond motifs is 8. The van der Waals surface area contributed by atoms with Crippen molar-refractivity contribution in [2.45, 2.75) is 25.8 Å². The van der Waals surface area contributed by atoms with Crippen molar-refractivity contribution in [3.05, 3.63) is 107 Å². The predicted molar refractivity (Wildman–Crippen MR) is 179 cm³/mol. The minimum absolute atomic E-state index is 0.110. The highest BCUT2D eigenvalue weighted by Crippen LogP contribution is 2.37. The van der Waals surface area contributed by atoms with Crippen LogP contribution in [0.4, 0.5) is 8.78 Å². The van der Waals surface area contributed by atoms with Crippen LogP contribution in [0.3, 0.4) is 0 Å². The van der Waals surface area contributed by atoms with E-state index in [1.54, 1.807) is 31.3 Å². The molecule has 5 aromatic rings. The zero-order chi connectivity index (χ0) is 31.2. The molecule has 0 aliphatic carbocycles. The first-order valence-corrected chi connectivity index (χ1v) is 17.2. The molecule has 0 saturated carbocycles. The summed E-state index contributed by atoms with van der Waals surface area (Å²) in [5.74, 6) is 2.87. The molecule has 1 atom stereocenters. The minimum atomic E-state index is -0.466. The normalized spacial score (nSPS) is 16.1. The number of nitrogens with one attached hydrogen (secondary N) is 1. The Balaban J connectivity index is 1.36. The molecule has 45 heavy (non-hydrogen) atoms. The molecule has 3 aromatic carbocycles. The highest BCUT2D eigenvalue weighted by atomic mass is 32.2. The highest BCUT2D eigenvalue weighted by molar-refractivity contribution is 8.02. The number of halogens is 2. The molecule has 4 bridgehead atoms. The number of aromatic nitrogens is 3. The lowest BCUT2D eigenvalue weighted by Gasteiger charge is -2.19. The van der Waals surface area contributed by atoms with Crippen LogP contribution in [0.2, 0.25) is 0 Å². The van der Waals surface area contributed by atoms with Crippen molar-refractivity contribution in [2.75, 3.05) is 29.6 Å². The number of carbonyl (C=O) groups is 1. The van der Waals surface area contributed by atoms with Crippen LogP contribution in [0.25, 0.3) is 28.2 Å². The van der Waals surface area contributed by atoms with Gasteiger partial charge in [0.25, 0.3) is 0 Å². The van der Waals surface area contributed by atoms with Gasteiger partial charge in [-0.2, -0.15) is 28.6 Å². The van der Waals surface area contributed by atoms with Crippen molar-refractivity contribution in [2.24, 2.45) is 0 Å². The maximum atomic E-state index is 15.4. The second-order valence-electron chi connectivity index (χ2n) is 10.6. The fourth-order valence-electron chi connectivity index (χ4n) is 5.49. The Morgan fingerprint density at radius 3 is 2.80 bits per heavy atom. The minimum Gasteiger partial charge on any atom is -0.463 e. The molecule has 0 saturated heterocycles. The maximum Gasteiger partial charge on any atom is 0.330 e. The molecule has 0 fully saturated rings. The maximum absolute atomic E-state index is 15.4. The summed E-state index contributed by atoms with van der Waals surface area (Å²) in [7, 11) is 0. The number of hydrogen-bond donors (Lipinski definition) is 1. The number of carbonyl (C=O) groups excluding carboxylic acids is 1. The summed E-state index contributed by atoms with van der Waals surface area (Å²) >= 11 is 3.71. The summed E-state index contributed by atoms with van der Waals surface area (Å²) in [5, 5.41) is 5.75. The molecule has 232 valence electrons. The van der Waals surface area contributed by atoms with E-state index < -0.39 is 11.6 Å². The van der Waals surface area contributed by atoms with Gasteiger partial charge in [-0.1, -0.05) is 18.2 Å². The Labute approximate surface area is 269 Å². The SMILES string of the molecule is CCOC(=O)/C=C/c1cccc(C2CCSCCSCCc3c(c(F)cc4[nH]ccc34)Oc3ccc(F)c(c3)-c3ccn2n3)c1. The van der Waals surface area contributed by atoms with Crippen LogP contribution < -0.4 is 4.74 Å². The average Bonchev–Trinajstić information content (AvgIpc) is 3.71. The first-order chi connectivity index (χ1) is 22.0. The Hall–Kier alpha value is -4.02. The van der Waals surface area contributed by atoms with Crippen LogP contribution in [0.5, 0.6) is 11.5 Å². The molecule has 6 rings (SSSR count). The summed E-state index contributed by atoms with van der Waals surface area (Å²) in [5.41, 5.74) is 4.14. The van der Waals surface area contributed by atoms with Crippen LogP contribution in [-0.2, 0) is 16.0 Å². The molecule has 10 heteroatoms. The number of H-pyrrole nitrogens is 1. The first-order valence-electron chi connectivity index (χ1n) is 14.9. The number of aromatic amines is 1. The van der Waals surface area contributed by atoms with Crippen LogP contribution >= 0.6 is 23.5 Å². The van der Waals surface area contributed by atoms with Gasteiger partial charge in [-0.3, -0.25) is 4.68 Å². The zero-order valence-electron chi connectivity index (χ0n) is 24.8. The number of benzene rings is 3. The van der Waals surface area contributed by atoms with E-state index in [9.17, 15) is 4.79 Å². The fourth-order valence-corrected chi connectivity index (χ4v) is 7.58. The second-order valence-corrected chi connectivity index (χ2v) is 13.0. The van der Waals surface area contributed by atoms with Crippen molar-refractivity contribution in [1.82, 2.24) is 14.8 Å². The summed E-state index contributed by atoms with van der Waals surface area (Å²) in [6, 6.07) is 17.5. The number of thioether (sulfide) groups is 2. The van der Waals surface area contributed by atoms with Gasteiger partial charge in [-0.15, -0.1) is 0 Å². The van der Waals surface area contributed by atoms with E-state index in [1.165, 1.54) is 24.3 Å². The smallest absolute Gasteiger partial charge is 0.330 e. The third-order valence-corrected chi connectivity index (χ3v) is 9.89. The summed E-state index contributed by atoms with van der Waals surface area (Å²) in [4.78, 5) is 15.0. The molecular weight excluding hydrogens is 613 g/mol. The number of ether oxygens (including phenoxy) is 2. The molecule has 1 aliphatic heterocycles. The third kappa shape index (κ3) is 7.28. The molecule has 1 unspecified atom stereocenters. The molecule has 6 nitrogen and oxygen atoms in total. The van der Waals surface area contributed by atoms with E-state index in [2.05, 4.69) is 4.98 Å². The van der Waals surface area contributed by atoms with Crippen LogP contribution in [-0.4, -0.2) is 50.4 Å². The summed E-state index contributed by atoms with van der Waals surface area (Å²) in [6.07, 6.45) is 8.28. The number of esters is 1. The van der Waals surface area contributed by atoms with Crippen LogP contribution in [0.1, 0.15) is 36.1 Å². The lowest BCUT2D eigenvalue weighted by Crippen LogP contribution is -2.13. The summed E-state index contributed by atoms with van der Waals surface area (Å²) in [6.45, 7) is 2.09. The Morgan fingerprint density at radius 1 is 1.07 bits per heavy atom. The topological polar surface area (TPSA) is 69.1 Å². The van der Waals surface area contributed by atoms with Crippen molar-refractivity contribution in [3.63, 3.8) is 0 Å². The number of aryl methyl sites for hydroxylation is 1. The van der Waals surface area contributed by atoms with Crippen molar-refractivity contribution in [1.29, 1.82) is 0 Å². The summed E-state index contributed by atoms with van der Waals surface area (Å²) < 4.78 is 43.7. The lowest BCUT2D eigenvalue weighted by atomic mass is 10.0. The Kier molecular flexibility index (Phi) is 9.91. The Morgan fingerprint density at radius 2 is 1.93 bits per heavy atom. The molecule has 0 amide bonds. The van der Waals surface area contributed by atoms with E-state index in [4.69, 9.17) is 14.6 Å². The van der Waals surface area contributed by atoms with Gasteiger partial charge in [0.05, 0.1) is 18.3 Å². The molecule has 1 N–H and O–H groups in total. The standard InChI is InChI=1S/C35H33F2N3O3S2/c1-2-42-34(41)9-6-23-4-3-5-24(20-23)33-13-17-45-19-18-44-16-12-27-26-10-14-38-32(26)22-30(37)35(27)43-25-7-8-29(36)28(21-25)31-11-15-40(33)39-31/h3-11,14-15,20-22,33,38H,2,12-13,16-19H2,1H3/b9-6+. The van der Waals surface area contributed by atoms with Crippen LogP contribution in [0, 0.1) is 11.6 Å². The molecular formula is C35H33F2N3O3S2. The number of rotatable bonds is 4. The zero-order valence-corrected chi connectivity index (χ0v) is 26.4. The van der Waals surface area contributed by atoms with E-state index in [0.29, 0.717) is 24.5 Å². The second kappa shape index (κ2) is 14.4. The van der Waals surface area contributed by atoms with E-state index in [1.807, 2.05) is 64.7 Å². The third-order valence-electron chi connectivity index (χ3n) is 7.63. The fraction of sp³-hybridized carbons (Fsp3) is 0.257. The quantitative estimate of drug-likeness (QED) is 0.156. The van der Waals surface area contributed by atoms with Gasteiger partial charge < -0.3 is 14.5 Å². The van der Waals surface area contributed by atoms with Gasteiger partial charge in [0.1, 0.15) is 11.6 Å². The van der Waals surface area contributed by atoms with Gasteiger partial charge in [-0.25, -0.2) is 13.6 Å². The predicted octanol–water partition coefficient (Wildman–Crippen LogP) is 8.68. The number of nitrogens with zero attached hydrogens (tertiary/aromatic N) is 2. The average molecular weight is 646 g/mol. The molecule has 3 heterocycles. The van der Waals surface area contributed by atoms with Crippen molar-refractivity contribution in [3.8, 4) is 22.8 Å². The van der Waals surface area contributed by atoms with E-state index >= 15 is 8.78 Å². The lowest BCUT2D eigenvalue weighted by molar-refractivity contribution is -0.137. The van der Waals surface area contributed by atoms with Gasteiger partial charge in [0, 0.05) is 58.1 Å². The van der Waals surface area contributed by atoms with Crippen molar-refractivity contribution < 1.29 is 23.0 Å². The van der Waals surface area contributed by atoms with Gasteiger partial charge in [-0.05, 0) is 84.9 Å². The molecule has 1 aliphatic rings. The largest absolute Gasteiger partial charge is 0.463 e. The molecule has 2 aromatic heterocycles. The van der Waals surface area contributed by atoms with Gasteiger partial charge >= 0.3 is 5.97 Å². The monoisotopic (exact) mass is 645 g/mol. The molecule has 0 spiro atoms. The first kappa shape index (κ1) is 31.0. The van der Waals surface area contributed by atoms with Gasteiger partial charge in [0.15, 0.2) is 11.6 Å². The van der Waals surface area contributed by atoms with E-state index in [-0.39, 0.29) is 23.3 Å². The van der Waals surface area contributed by atoms with Gasteiger partial charge in [0.2, 0.25) is 0 Å². The highest BCUT2D eigenvalue weighted by Gasteiger charge is 2.20. The number of hydrogen-bond acceptors (Lipinski definition) is 6. The molecule has 0 radical (unpaired) electrons. The Bertz CT molecular complexity index is 1830. The van der Waals surface area contributed by atoms with Crippen LogP contribution in [0.15, 0.2) is 79.1 Å². The van der Waals surface area contributed by atoms with Crippen molar-refractivity contribution >= 4 is 46.5 Å².